The van der Waals surface area contributed by atoms with E-state index in [1.807, 2.05) is 13.8 Å². The molecule has 0 saturated heterocycles. The number of ether oxygens (including phenoxy) is 1. The molecule has 0 radical (unpaired) electrons. The van der Waals surface area contributed by atoms with Crippen molar-refractivity contribution in [2.75, 3.05) is 11.9 Å². The van der Waals surface area contributed by atoms with Gasteiger partial charge in [-0.05, 0) is 56.5 Å². The zero-order chi connectivity index (χ0) is 21.7. The molecular formula is C22H28N2O5. The fourth-order valence-electron chi connectivity index (χ4n) is 3.20. The molecule has 3 N–H and O–H groups in total. The normalized spacial score (nSPS) is 12.0. The van der Waals surface area contributed by atoms with Crippen LogP contribution in [0.1, 0.15) is 71.0 Å². The second-order valence-electron chi connectivity index (χ2n) is 7.56. The van der Waals surface area contributed by atoms with Crippen LogP contribution in [0.25, 0.3) is 0 Å². The molecule has 0 aliphatic heterocycles. The summed E-state index contributed by atoms with van der Waals surface area (Å²) >= 11 is 0. The SMILES string of the molecule is Cc1[nH]c(C(=O)OCC(=O)c2ccc(NC(=O)CC(C)C)cc2)c(C)c1[C@@H](C)O. The molecule has 0 fully saturated rings. The molecule has 1 amide bonds. The minimum atomic E-state index is -0.714. The monoisotopic (exact) mass is 400 g/mol. The summed E-state index contributed by atoms with van der Waals surface area (Å²) in [5.41, 5.74) is 3.16. The lowest BCUT2D eigenvalue weighted by atomic mass is 10.1. The van der Waals surface area contributed by atoms with Crippen LogP contribution in [0.2, 0.25) is 0 Å². The molecule has 0 unspecified atom stereocenters. The van der Waals surface area contributed by atoms with Gasteiger partial charge in [0.1, 0.15) is 5.69 Å². The van der Waals surface area contributed by atoms with E-state index >= 15 is 0 Å². The van der Waals surface area contributed by atoms with E-state index in [0.29, 0.717) is 34.5 Å². The van der Waals surface area contributed by atoms with Crippen LogP contribution in [-0.2, 0) is 9.53 Å². The number of nitrogens with one attached hydrogen (secondary N) is 2. The fraction of sp³-hybridized carbons (Fsp3) is 0.409. The summed E-state index contributed by atoms with van der Waals surface area (Å²) in [6.45, 7) is 8.62. The third kappa shape index (κ3) is 5.77. The van der Waals surface area contributed by atoms with Crippen molar-refractivity contribution < 1.29 is 24.2 Å². The minimum Gasteiger partial charge on any atom is -0.453 e. The second-order valence-corrected chi connectivity index (χ2v) is 7.56. The Morgan fingerprint density at radius 3 is 2.24 bits per heavy atom. The predicted octanol–water partition coefficient (Wildman–Crippen LogP) is 3.71. The molecule has 1 aromatic carbocycles. The number of amides is 1. The van der Waals surface area contributed by atoms with Crippen LogP contribution in [0, 0.1) is 19.8 Å². The number of H-pyrrole nitrogens is 1. The Bertz CT molecular complexity index is 895. The smallest absolute Gasteiger partial charge is 0.355 e. The van der Waals surface area contributed by atoms with E-state index in [2.05, 4.69) is 10.3 Å². The number of carbonyl (C=O) groups is 3. The van der Waals surface area contributed by atoms with E-state index in [-0.39, 0.29) is 23.3 Å². The van der Waals surface area contributed by atoms with Gasteiger partial charge in [0.2, 0.25) is 5.91 Å². The average molecular weight is 400 g/mol. The number of hydrogen-bond acceptors (Lipinski definition) is 5. The summed E-state index contributed by atoms with van der Waals surface area (Å²) in [4.78, 5) is 39.3. The highest BCUT2D eigenvalue weighted by atomic mass is 16.5. The summed E-state index contributed by atoms with van der Waals surface area (Å²) < 4.78 is 5.14. The Labute approximate surface area is 170 Å². The van der Waals surface area contributed by atoms with Crippen LogP contribution in [0.4, 0.5) is 5.69 Å². The van der Waals surface area contributed by atoms with Gasteiger partial charge in [0, 0.05) is 28.9 Å². The number of carbonyl (C=O) groups excluding carboxylic acids is 3. The number of aliphatic hydroxyl groups excluding tert-OH is 1. The first kappa shape index (κ1) is 22.4. The topological polar surface area (TPSA) is 108 Å². The van der Waals surface area contributed by atoms with Crippen molar-refractivity contribution in [3.8, 4) is 0 Å². The molecule has 1 atom stereocenters. The van der Waals surface area contributed by atoms with Gasteiger partial charge in [-0.2, -0.15) is 0 Å². The van der Waals surface area contributed by atoms with Crippen LogP contribution in [0.5, 0.6) is 0 Å². The van der Waals surface area contributed by atoms with Crippen molar-refractivity contribution >= 4 is 23.3 Å². The quantitative estimate of drug-likeness (QED) is 0.462. The second kappa shape index (κ2) is 9.52. The number of benzene rings is 1. The van der Waals surface area contributed by atoms with Crippen molar-refractivity contribution in [2.24, 2.45) is 5.92 Å². The maximum atomic E-state index is 12.3. The highest BCUT2D eigenvalue weighted by Gasteiger charge is 2.21. The lowest BCUT2D eigenvalue weighted by Crippen LogP contribution is -2.16. The molecule has 2 aromatic rings. The number of aromatic amines is 1. The molecule has 0 aliphatic rings. The molecule has 7 heteroatoms. The zero-order valence-electron chi connectivity index (χ0n) is 17.5. The molecule has 0 spiro atoms. The first-order valence-corrected chi connectivity index (χ1v) is 9.57. The van der Waals surface area contributed by atoms with Crippen molar-refractivity contribution in [3.63, 3.8) is 0 Å². The van der Waals surface area contributed by atoms with Crippen molar-refractivity contribution in [1.82, 2.24) is 4.98 Å². The zero-order valence-corrected chi connectivity index (χ0v) is 17.5. The molecule has 0 aliphatic carbocycles. The molecule has 0 bridgehead atoms. The Morgan fingerprint density at radius 2 is 1.72 bits per heavy atom. The van der Waals surface area contributed by atoms with Crippen molar-refractivity contribution in [1.29, 1.82) is 0 Å². The van der Waals surface area contributed by atoms with Crippen molar-refractivity contribution in [2.45, 2.75) is 47.1 Å². The van der Waals surface area contributed by atoms with E-state index in [4.69, 9.17) is 4.74 Å². The minimum absolute atomic E-state index is 0.0822. The Hall–Kier alpha value is -2.93. The summed E-state index contributed by atoms with van der Waals surface area (Å²) in [6.07, 6.45) is -0.292. The van der Waals surface area contributed by atoms with E-state index in [9.17, 15) is 19.5 Å². The van der Waals surface area contributed by atoms with Gasteiger partial charge in [0.05, 0.1) is 6.10 Å². The predicted molar refractivity (Wildman–Crippen MR) is 110 cm³/mol. The molecule has 2 rings (SSSR count). The molecule has 156 valence electrons. The third-order valence-corrected chi connectivity index (χ3v) is 4.54. The van der Waals surface area contributed by atoms with Crippen LogP contribution in [-0.4, -0.2) is 34.4 Å². The maximum absolute atomic E-state index is 12.3. The summed E-state index contributed by atoms with van der Waals surface area (Å²) in [7, 11) is 0. The van der Waals surface area contributed by atoms with Gasteiger partial charge in [-0.25, -0.2) is 4.79 Å². The number of esters is 1. The molecule has 29 heavy (non-hydrogen) atoms. The lowest BCUT2D eigenvalue weighted by Gasteiger charge is -2.08. The van der Waals surface area contributed by atoms with Crippen LogP contribution < -0.4 is 5.32 Å². The largest absolute Gasteiger partial charge is 0.453 e. The number of rotatable bonds is 8. The van der Waals surface area contributed by atoms with Gasteiger partial charge in [-0.15, -0.1) is 0 Å². The molecule has 7 nitrogen and oxygen atoms in total. The Kier molecular flexibility index (Phi) is 7.34. The van der Waals surface area contributed by atoms with Gasteiger partial charge in [0.25, 0.3) is 0 Å². The van der Waals surface area contributed by atoms with Crippen LogP contribution in [0.15, 0.2) is 24.3 Å². The van der Waals surface area contributed by atoms with Crippen LogP contribution >= 0.6 is 0 Å². The van der Waals surface area contributed by atoms with Gasteiger partial charge >= 0.3 is 5.97 Å². The molecule has 1 heterocycles. The Morgan fingerprint density at radius 1 is 1.10 bits per heavy atom. The fourth-order valence-corrected chi connectivity index (χ4v) is 3.20. The number of ketones is 1. The Balaban J connectivity index is 1.96. The van der Waals surface area contributed by atoms with Gasteiger partial charge < -0.3 is 20.1 Å². The number of aryl methyl sites for hydroxylation is 1. The first-order valence-electron chi connectivity index (χ1n) is 9.57. The van der Waals surface area contributed by atoms with Gasteiger partial charge in [0.15, 0.2) is 12.4 Å². The molecule has 1 aromatic heterocycles. The lowest BCUT2D eigenvalue weighted by molar-refractivity contribution is -0.116. The number of hydrogen-bond donors (Lipinski definition) is 3. The number of Topliss-reactive ketones (excluding diaryl/α,β-unsaturated/α-hetero) is 1. The highest BCUT2D eigenvalue weighted by molar-refractivity contribution is 6.00. The van der Waals surface area contributed by atoms with Gasteiger partial charge in [-0.3, -0.25) is 9.59 Å². The van der Waals surface area contributed by atoms with E-state index in [0.717, 1.165) is 0 Å². The number of anilines is 1. The summed E-state index contributed by atoms with van der Waals surface area (Å²) in [5.74, 6) is -0.825. The number of aromatic nitrogens is 1. The average Bonchev–Trinajstić information content (AvgIpc) is 2.93. The van der Waals surface area contributed by atoms with E-state index < -0.39 is 18.7 Å². The summed E-state index contributed by atoms with van der Waals surface area (Å²) in [6, 6.07) is 6.44. The highest BCUT2D eigenvalue weighted by Crippen LogP contribution is 2.25. The van der Waals surface area contributed by atoms with Crippen molar-refractivity contribution in [3.05, 3.63) is 52.3 Å². The number of aliphatic hydroxyl groups is 1. The summed E-state index contributed by atoms with van der Waals surface area (Å²) in [5, 5.41) is 12.6. The van der Waals surface area contributed by atoms with Crippen LogP contribution in [0.3, 0.4) is 0 Å². The molecule has 0 saturated carbocycles. The van der Waals surface area contributed by atoms with E-state index in [1.165, 1.54) is 0 Å². The maximum Gasteiger partial charge on any atom is 0.355 e. The third-order valence-electron chi connectivity index (χ3n) is 4.54. The molecular weight excluding hydrogens is 372 g/mol. The van der Waals surface area contributed by atoms with Gasteiger partial charge in [-0.1, -0.05) is 13.8 Å². The standard InChI is InChI=1S/C22H28N2O5/c1-12(2)10-19(27)24-17-8-6-16(7-9-17)18(26)11-29-22(28)21-13(3)20(15(5)25)14(4)23-21/h6-9,12,15,23,25H,10-11H2,1-5H3,(H,24,27)/t15-/m1/s1. The van der Waals surface area contributed by atoms with E-state index in [1.54, 1.807) is 45.0 Å². The first-order chi connectivity index (χ1) is 13.6.